The summed E-state index contributed by atoms with van der Waals surface area (Å²) in [6.07, 6.45) is 5.02. The number of nitrogens with zero attached hydrogens (tertiary/aromatic N) is 1. The molecule has 1 saturated carbocycles. The normalized spacial score (nSPS) is 30.4. The topological polar surface area (TPSA) is 35.5 Å². The predicted octanol–water partition coefficient (Wildman–Crippen LogP) is 2.49. The van der Waals surface area contributed by atoms with E-state index in [-0.39, 0.29) is 0 Å². The van der Waals surface area contributed by atoms with Crippen molar-refractivity contribution < 1.29 is 5.11 Å². The summed E-state index contributed by atoms with van der Waals surface area (Å²) in [6.45, 7) is 13.1. The SMILES string of the molecule is CC(C1CC1)N1CC(CCO)CC(NCC(C)(C)C)C1. The average Bonchev–Trinajstić information content (AvgIpc) is 3.19. The highest BCUT2D eigenvalue weighted by atomic mass is 16.3. The molecular formula is C17H34N2O. The molecule has 3 atom stereocenters. The van der Waals surface area contributed by atoms with Gasteiger partial charge in [0.25, 0.3) is 0 Å². The number of nitrogens with one attached hydrogen (secondary N) is 1. The van der Waals surface area contributed by atoms with Gasteiger partial charge >= 0.3 is 0 Å². The van der Waals surface area contributed by atoms with Crippen LogP contribution in [0, 0.1) is 17.3 Å². The molecule has 0 spiro atoms. The summed E-state index contributed by atoms with van der Waals surface area (Å²) in [6, 6.07) is 1.33. The maximum atomic E-state index is 9.27. The molecule has 0 radical (unpaired) electrons. The van der Waals surface area contributed by atoms with Gasteiger partial charge in [0, 0.05) is 38.3 Å². The Bertz CT molecular complexity index is 296. The van der Waals surface area contributed by atoms with Crippen LogP contribution < -0.4 is 5.32 Å². The van der Waals surface area contributed by atoms with Gasteiger partial charge in [0.15, 0.2) is 0 Å². The van der Waals surface area contributed by atoms with Crippen LogP contribution >= 0.6 is 0 Å². The fourth-order valence-corrected chi connectivity index (χ4v) is 3.44. The van der Waals surface area contributed by atoms with Crippen LogP contribution in [-0.2, 0) is 0 Å². The Labute approximate surface area is 125 Å². The van der Waals surface area contributed by atoms with Crippen LogP contribution in [0.5, 0.6) is 0 Å². The lowest BCUT2D eigenvalue weighted by Gasteiger charge is -2.42. The standard InChI is InChI=1S/C17H34N2O/c1-13(15-5-6-15)19-10-14(7-8-20)9-16(11-19)18-12-17(2,3)4/h13-16,18,20H,5-12H2,1-4H3. The van der Waals surface area contributed by atoms with Gasteiger partial charge in [-0.25, -0.2) is 0 Å². The highest BCUT2D eigenvalue weighted by Crippen LogP contribution is 2.37. The molecule has 2 aliphatic rings. The van der Waals surface area contributed by atoms with E-state index in [2.05, 4.69) is 37.9 Å². The van der Waals surface area contributed by atoms with Gasteiger partial charge in [0.2, 0.25) is 0 Å². The third-order valence-corrected chi connectivity index (χ3v) is 4.90. The maximum absolute atomic E-state index is 9.27. The molecule has 0 aromatic heterocycles. The minimum absolute atomic E-state index is 0.336. The van der Waals surface area contributed by atoms with Gasteiger partial charge in [-0.1, -0.05) is 20.8 Å². The number of hydrogen-bond acceptors (Lipinski definition) is 3. The number of aliphatic hydroxyl groups excluding tert-OH is 1. The zero-order valence-corrected chi connectivity index (χ0v) is 13.9. The van der Waals surface area contributed by atoms with E-state index in [0.717, 1.165) is 24.9 Å². The second kappa shape index (κ2) is 6.76. The summed E-state index contributed by atoms with van der Waals surface area (Å²) < 4.78 is 0. The first kappa shape index (κ1) is 16.3. The smallest absolute Gasteiger partial charge is 0.0434 e. The van der Waals surface area contributed by atoms with Crippen molar-refractivity contribution in [2.75, 3.05) is 26.2 Å². The van der Waals surface area contributed by atoms with Gasteiger partial charge in [-0.05, 0) is 49.9 Å². The van der Waals surface area contributed by atoms with Gasteiger partial charge in [-0.15, -0.1) is 0 Å². The summed E-state index contributed by atoms with van der Waals surface area (Å²) in [5.74, 6) is 1.60. The van der Waals surface area contributed by atoms with Gasteiger partial charge in [-0.2, -0.15) is 0 Å². The lowest BCUT2D eigenvalue weighted by Crippen LogP contribution is -2.53. The van der Waals surface area contributed by atoms with E-state index in [1.807, 2.05) is 0 Å². The fraction of sp³-hybridized carbons (Fsp3) is 1.00. The second-order valence-corrected chi connectivity index (χ2v) is 8.28. The van der Waals surface area contributed by atoms with Crippen LogP contribution in [0.4, 0.5) is 0 Å². The first-order chi connectivity index (χ1) is 9.39. The molecule has 2 rings (SSSR count). The van der Waals surface area contributed by atoms with Crippen LogP contribution in [0.3, 0.4) is 0 Å². The molecule has 2 fully saturated rings. The summed E-state index contributed by atoms with van der Waals surface area (Å²) in [4.78, 5) is 2.68. The summed E-state index contributed by atoms with van der Waals surface area (Å²) in [7, 11) is 0. The molecule has 1 aliphatic carbocycles. The molecule has 1 aliphatic heterocycles. The van der Waals surface area contributed by atoms with Crippen molar-refractivity contribution in [1.29, 1.82) is 0 Å². The van der Waals surface area contributed by atoms with Crippen molar-refractivity contribution in [1.82, 2.24) is 10.2 Å². The van der Waals surface area contributed by atoms with E-state index >= 15 is 0 Å². The monoisotopic (exact) mass is 282 g/mol. The largest absolute Gasteiger partial charge is 0.396 e. The number of piperidine rings is 1. The molecule has 3 unspecified atom stereocenters. The number of rotatable bonds is 6. The van der Waals surface area contributed by atoms with E-state index in [1.165, 1.54) is 32.4 Å². The van der Waals surface area contributed by atoms with Crippen molar-refractivity contribution in [3.05, 3.63) is 0 Å². The Morgan fingerprint density at radius 2 is 1.95 bits per heavy atom. The van der Waals surface area contributed by atoms with E-state index in [0.29, 0.717) is 24.0 Å². The third kappa shape index (κ3) is 5.01. The summed E-state index contributed by atoms with van der Waals surface area (Å²) in [5, 5.41) is 13.0. The first-order valence-electron chi connectivity index (χ1n) is 8.47. The molecule has 0 aromatic carbocycles. The molecule has 3 heteroatoms. The number of hydrogen-bond donors (Lipinski definition) is 2. The molecule has 20 heavy (non-hydrogen) atoms. The fourth-order valence-electron chi connectivity index (χ4n) is 3.44. The number of likely N-dealkylation sites (tertiary alicyclic amines) is 1. The zero-order chi connectivity index (χ0) is 14.8. The van der Waals surface area contributed by atoms with Crippen LogP contribution in [0.1, 0.15) is 53.4 Å². The second-order valence-electron chi connectivity index (χ2n) is 8.28. The molecule has 3 nitrogen and oxygen atoms in total. The highest BCUT2D eigenvalue weighted by molar-refractivity contribution is 4.92. The Balaban J connectivity index is 1.89. The maximum Gasteiger partial charge on any atom is 0.0434 e. The average molecular weight is 282 g/mol. The molecule has 118 valence electrons. The quantitative estimate of drug-likeness (QED) is 0.786. The van der Waals surface area contributed by atoms with Crippen LogP contribution in [0.25, 0.3) is 0 Å². The van der Waals surface area contributed by atoms with Gasteiger partial charge < -0.3 is 10.4 Å². The zero-order valence-electron chi connectivity index (χ0n) is 13.9. The first-order valence-corrected chi connectivity index (χ1v) is 8.47. The van der Waals surface area contributed by atoms with Gasteiger partial charge in [0.1, 0.15) is 0 Å². The predicted molar refractivity (Wildman–Crippen MR) is 84.8 cm³/mol. The lowest BCUT2D eigenvalue weighted by atomic mass is 9.89. The molecule has 0 bridgehead atoms. The van der Waals surface area contributed by atoms with Crippen LogP contribution in [0.2, 0.25) is 0 Å². The van der Waals surface area contributed by atoms with Crippen LogP contribution in [0.15, 0.2) is 0 Å². The molecule has 1 heterocycles. The van der Waals surface area contributed by atoms with Crippen molar-refractivity contribution in [3.63, 3.8) is 0 Å². The molecule has 2 N–H and O–H groups in total. The van der Waals surface area contributed by atoms with Gasteiger partial charge in [-0.3, -0.25) is 4.90 Å². The van der Waals surface area contributed by atoms with Crippen molar-refractivity contribution in [2.45, 2.75) is 65.5 Å². The summed E-state index contributed by atoms with van der Waals surface area (Å²) in [5.41, 5.74) is 0.344. The minimum atomic E-state index is 0.336. The Hall–Kier alpha value is -0.120. The molecular weight excluding hydrogens is 248 g/mol. The minimum Gasteiger partial charge on any atom is -0.396 e. The van der Waals surface area contributed by atoms with Crippen molar-refractivity contribution in [3.8, 4) is 0 Å². The Morgan fingerprint density at radius 3 is 2.50 bits per heavy atom. The molecule has 1 saturated heterocycles. The lowest BCUT2D eigenvalue weighted by molar-refractivity contribution is 0.0793. The number of aliphatic hydroxyl groups is 1. The van der Waals surface area contributed by atoms with Crippen molar-refractivity contribution >= 4 is 0 Å². The van der Waals surface area contributed by atoms with E-state index in [1.54, 1.807) is 0 Å². The van der Waals surface area contributed by atoms with Crippen LogP contribution in [-0.4, -0.2) is 48.3 Å². The van der Waals surface area contributed by atoms with Gasteiger partial charge in [0.05, 0.1) is 0 Å². The highest BCUT2D eigenvalue weighted by Gasteiger charge is 2.36. The summed E-state index contributed by atoms with van der Waals surface area (Å²) >= 11 is 0. The van der Waals surface area contributed by atoms with E-state index < -0.39 is 0 Å². The van der Waals surface area contributed by atoms with E-state index in [4.69, 9.17) is 0 Å². The van der Waals surface area contributed by atoms with E-state index in [9.17, 15) is 5.11 Å². The molecule has 0 amide bonds. The third-order valence-electron chi connectivity index (χ3n) is 4.90. The van der Waals surface area contributed by atoms with Crippen molar-refractivity contribution in [2.24, 2.45) is 17.3 Å². The Morgan fingerprint density at radius 1 is 1.25 bits per heavy atom. The Kier molecular flexibility index (Phi) is 5.49. The molecule has 0 aromatic rings.